The summed E-state index contributed by atoms with van der Waals surface area (Å²) in [6.45, 7) is 1.31. The van der Waals surface area contributed by atoms with E-state index in [1.165, 1.54) is 12.1 Å². The van der Waals surface area contributed by atoms with Gasteiger partial charge >= 0.3 is 6.18 Å². The highest BCUT2D eigenvalue weighted by Crippen LogP contribution is 2.34. The van der Waals surface area contributed by atoms with Crippen LogP contribution in [0.25, 0.3) is 11.1 Å². The first-order valence-electron chi connectivity index (χ1n) is 9.21. The molecule has 0 atom stereocenters. The fourth-order valence-electron chi connectivity index (χ4n) is 2.89. The van der Waals surface area contributed by atoms with Gasteiger partial charge in [0.2, 0.25) is 0 Å². The molecule has 0 unspecified atom stereocenters. The van der Waals surface area contributed by atoms with Crippen molar-refractivity contribution in [2.45, 2.75) is 19.5 Å². The zero-order chi connectivity index (χ0) is 21.7. The predicted octanol–water partition coefficient (Wildman–Crippen LogP) is 4.93. The molecule has 1 heterocycles. The number of carbonyl (C=O) groups excluding carboxylic acids is 1. The van der Waals surface area contributed by atoms with Crippen molar-refractivity contribution in [1.29, 1.82) is 0 Å². The molecular formula is C22H20F3N3O2. The number of amides is 1. The molecule has 0 saturated carbocycles. The summed E-state index contributed by atoms with van der Waals surface area (Å²) >= 11 is 0. The van der Waals surface area contributed by atoms with E-state index in [0.29, 0.717) is 11.6 Å². The molecule has 0 fully saturated rings. The van der Waals surface area contributed by atoms with Gasteiger partial charge in [0.15, 0.2) is 6.61 Å². The molecule has 1 aromatic heterocycles. The molecule has 0 aliphatic heterocycles. The van der Waals surface area contributed by atoms with Crippen LogP contribution in [0.1, 0.15) is 18.1 Å². The van der Waals surface area contributed by atoms with E-state index in [2.05, 4.69) is 10.3 Å². The van der Waals surface area contributed by atoms with E-state index >= 15 is 0 Å². The number of benzene rings is 2. The van der Waals surface area contributed by atoms with Crippen LogP contribution in [0.2, 0.25) is 0 Å². The molecule has 0 aliphatic carbocycles. The molecule has 156 valence electrons. The molecule has 0 saturated heterocycles. The Morgan fingerprint density at radius 2 is 1.77 bits per heavy atom. The average Bonchev–Trinajstić information content (AvgIpc) is 2.72. The molecule has 3 N–H and O–H groups in total. The van der Waals surface area contributed by atoms with E-state index in [1.54, 1.807) is 43.5 Å². The van der Waals surface area contributed by atoms with Crippen LogP contribution in [0.4, 0.5) is 24.7 Å². The number of aryl methyl sites for hydroxylation is 1. The summed E-state index contributed by atoms with van der Waals surface area (Å²) in [7, 11) is 0. The van der Waals surface area contributed by atoms with Gasteiger partial charge in [0.1, 0.15) is 11.6 Å². The van der Waals surface area contributed by atoms with Gasteiger partial charge in [-0.3, -0.25) is 4.79 Å². The van der Waals surface area contributed by atoms with E-state index in [1.807, 2.05) is 6.07 Å². The van der Waals surface area contributed by atoms with Gasteiger partial charge in [-0.15, -0.1) is 0 Å². The molecule has 30 heavy (non-hydrogen) atoms. The summed E-state index contributed by atoms with van der Waals surface area (Å²) in [4.78, 5) is 16.1. The molecular weight excluding hydrogens is 395 g/mol. The van der Waals surface area contributed by atoms with Crippen molar-refractivity contribution in [3.8, 4) is 16.9 Å². The lowest BCUT2D eigenvalue weighted by Crippen LogP contribution is -2.20. The number of halogens is 3. The predicted molar refractivity (Wildman–Crippen MR) is 109 cm³/mol. The first kappa shape index (κ1) is 21.2. The second-order valence-corrected chi connectivity index (χ2v) is 6.56. The fraction of sp³-hybridized carbons (Fsp3) is 0.182. The minimum atomic E-state index is -4.48. The summed E-state index contributed by atoms with van der Waals surface area (Å²) in [5, 5.41) is 2.43. The molecule has 1 amide bonds. The Morgan fingerprint density at radius 3 is 2.37 bits per heavy atom. The highest BCUT2D eigenvalue weighted by Gasteiger charge is 2.33. The Bertz CT molecular complexity index is 1020. The van der Waals surface area contributed by atoms with Crippen LogP contribution in [0.15, 0.2) is 60.8 Å². The summed E-state index contributed by atoms with van der Waals surface area (Å²) in [5.41, 5.74) is 6.84. The third-order valence-electron chi connectivity index (χ3n) is 4.42. The Labute approximate surface area is 171 Å². The number of nitrogens with two attached hydrogens (primary N) is 1. The summed E-state index contributed by atoms with van der Waals surface area (Å²) in [6.07, 6.45) is -2.59. The largest absolute Gasteiger partial charge is 0.484 e. The van der Waals surface area contributed by atoms with Crippen LogP contribution >= 0.6 is 0 Å². The quantitative estimate of drug-likeness (QED) is 0.599. The van der Waals surface area contributed by atoms with Gasteiger partial charge < -0.3 is 15.8 Å². The van der Waals surface area contributed by atoms with Crippen LogP contribution in [-0.2, 0) is 17.4 Å². The maximum atomic E-state index is 13.1. The van der Waals surface area contributed by atoms with Crippen molar-refractivity contribution in [3.05, 3.63) is 71.9 Å². The lowest BCUT2D eigenvalue weighted by molar-refractivity contribution is -0.138. The molecule has 0 aliphatic rings. The van der Waals surface area contributed by atoms with Crippen LogP contribution in [0.3, 0.4) is 0 Å². The number of anilines is 2. The standard InChI is InChI=1S/C22H20F3N3O2/c1-2-14-3-7-17(11-19(14)22(23,24)25)28-21(29)13-30-18-8-4-15(5-9-18)16-6-10-20(26)27-12-16/h3-12H,2,13H2,1H3,(H2,26,27)(H,28,29). The van der Waals surface area contributed by atoms with E-state index in [9.17, 15) is 18.0 Å². The number of carbonyl (C=O) groups is 1. The number of pyridine rings is 1. The van der Waals surface area contributed by atoms with Gasteiger partial charge in [0, 0.05) is 17.4 Å². The van der Waals surface area contributed by atoms with Crippen molar-refractivity contribution < 1.29 is 22.7 Å². The zero-order valence-electron chi connectivity index (χ0n) is 16.2. The van der Waals surface area contributed by atoms with Crippen molar-refractivity contribution >= 4 is 17.4 Å². The van der Waals surface area contributed by atoms with Crippen LogP contribution in [0, 0.1) is 0 Å². The SMILES string of the molecule is CCc1ccc(NC(=O)COc2ccc(-c3ccc(N)nc3)cc2)cc1C(F)(F)F. The normalized spacial score (nSPS) is 11.2. The Hall–Kier alpha value is -3.55. The molecule has 0 radical (unpaired) electrons. The fourth-order valence-corrected chi connectivity index (χ4v) is 2.89. The topological polar surface area (TPSA) is 77.2 Å². The number of nitrogens with one attached hydrogen (secondary N) is 1. The number of rotatable bonds is 6. The first-order valence-corrected chi connectivity index (χ1v) is 9.21. The van der Waals surface area contributed by atoms with E-state index < -0.39 is 17.6 Å². The minimum Gasteiger partial charge on any atom is -0.484 e. The molecule has 2 aromatic carbocycles. The van der Waals surface area contributed by atoms with Crippen LogP contribution < -0.4 is 15.8 Å². The van der Waals surface area contributed by atoms with Crippen LogP contribution in [0.5, 0.6) is 5.75 Å². The number of hydrogen-bond acceptors (Lipinski definition) is 4. The number of nitrogen functional groups attached to an aromatic ring is 1. The number of ether oxygens (including phenoxy) is 1. The van der Waals surface area contributed by atoms with Gasteiger partial charge in [0.05, 0.1) is 5.56 Å². The van der Waals surface area contributed by atoms with Crippen molar-refractivity contribution in [3.63, 3.8) is 0 Å². The highest BCUT2D eigenvalue weighted by molar-refractivity contribution is 5.92. The maximum absolute atomic E-state index is 13.1. The van der Waals surface area contributed by atoms with Crippen LogP contribution in [-0.4, -0.2) is 17.5 Å². The van der Waals surface area contributed by atoms with E-state index in [4.69, 9.17) is 10.5 Å². The van der Waals surface area contributed by atoms with Crippen molar-refractivity contribution in [2.24, 2.45) is 0 Å². The van der Waals surface area contributed by atoms with Crippen molar-refractivity contribution in [1.82, 2.24) is 4.98 Å². The average molecular weight is 415 g/mol. The summed E-state index contributed by atoms with van der Waals surface area (Å²) in [5.74, 6) is 0.324. The number of aromatic nitrogens is 1. The maximum Gasteiger partial charge on any atom is 0.416 e. The van der Waals surface area contributed by atoms with Gasteiger partial charge in [-0.1, -0.05) is 25.1 Å². The van der Waals surface area contributed by atoms with Gasteiger partial charge in [-0.25, -0.2) is 4.98 Å². The smallest absolute Gasteiger partial charge is 0.416 e. The lowest BCUT2D eigenvalue weighted by atomic mass is 10.0. The third kappa shape index (κ3) is 5.28. The third-order valence-corrected chi connectivity index (χ3v) is 4.42. The molecule has 0 bridgehead atoms. The van der Waals surface area contributed by atoms with Crippen molar-refractivity contribution in [2.75, 3.05) is 17.7 Å². The second-order valence-electron chi connectivity index (χ2n) is 6.56. The Kier molecular flexibility index (Phi) is 6.25. The summed E-state index contributed by atoms with van der Waals surface area (Å²) < 4.78 is 44.9. The number of nitrogens with zero attached hydrogens (tertiary/aromatic N) is 1. The Balaban J connectivity index is 1.60. The lowest BCUT2D eigenvalue weighted by Gasteiger charge is -2.14. The zero-order valence-corrected chi connectivity index (χ0v) is 16.2. The summed E-state index contributed by atoms with van der Waals surface area (Å²) in [6, 6.07) is 14.3. The second kappa shape index (κ2) is 8.86. The Morgan fingerprint density at radius 1 is 1.07 bits per heavy atom. The molecule has 5 nitrogen and oxygen atoms in total. The molecule has 8 heteroatoms. The van der Waals surface area contributed by atoms with Gasteiger partial charge in [-0.05, 0) is 53.9 Å². The first-order chi connectivity index (χ1) is 14.3. The molecule has 0 spiro atoms. The number of hydrogen-bond donors (Lipinski definition) is 2. The molecule has 3 aromatic rings. The van der Waals surface area contributed by atoms with E-state index in [-0.39, 0.29) is 24.3 Å². The molecule has 3 rings (SSSR count). The van der Waals surface area contributed by atoms with E-state index in [0.717, 1.165) is 17.2 Å². The monoisotopic (exact) mass is 415 g/mol. The highest BCUT2D eigenvalue weighted by atomic mass is 19.4. The van der Waals surface area contributed by atoms with Gasteiger partial charge in [0.25, 0.3) is 5.91 Å². The number of alkyl halides is 3. The minimum absolute atomic E-state index is 0.0688. The van der Waals surface area contributed by atoms with Gasteiger partial charge in [-0.2, -0.15) is 13.2 Å².